The Kier molecular flexibility index (Phi) is 3.95. The van der Waals surface area contributed by atoms with Crippen molar-refractivity contribution in [2.45, 2.75) is 27.7 Å². The van der Waals surface area contributed by atoms with E-state index in [-0.39, 0.29) is 0 Å². The Hall–Kier alpha value is -2.95. The number of methoxy groups -OCH3 is 1. The molecule has 0 bridgehead atoms. The molecule has 0 radical (unpaired) electrons. The molecule has 5 nitrogen and oxygen atoms in total. The second kappa shape index (κ2) is 5.84. The number of nitrogens with two attached hydrogens (primary N) is 2. The Morgan fingerprint density at radius 3 is 2.36 bits per heavy atom. The number of ether oxygens (including phenoxy) is 1. The summed E-state index contributed by atoms with van der Waals surface area (Å²) in [6.07, 6.45) is 2.00. The van der Waals surface area contributed by atoms with Crippen LogP contribution in [0.3, 0.4) is 0 Å². The standard InChI is InChI=1S/C20H23N3O2/c1-10-6-7-15(25-5)13(4)16(10)19-18(21)17(20(22)24)14-8-11(2)12(3)9-23(14)19/h6-9H,21H2,1-5H3,(H2,22,24). The van der Waals surface area contributed by atoms with Crippen LogP contribution in [-0.4, -0.2) is 17.4 Å². The number of benzene rings is 1. The molecule has 2 heterocycles. The zero-order valence-electron chi connectivity index (χ0n) is 15.2. The zero-order chi connectivity index (χ0) is 18.5. The molecule has 3 aromatic rings. The minimum absolute atomic E-state index is 0.361. The smallest absolute Gasteiger partial charge is 0.253 e. The molecule has 0 fully saturated rings. The highest BCUT2D eigenvalue weighted by molar-refractivity contribution is 6.09. The number of nitrogen functional groups attached to an aromatic ring is 1. The molecule has 0 unspecified atom stereocenters. The maximum absolute atomic E-state index is 12.1. The number of carbonyl (C=O) groups is 1. The zero-order valence-corrected chi connectivity index (χ0v) is 15.2. The highest BCUT2D eigenvalue weighted by atomic mass is 16.5. The Bertz CT molecular complexity index is 1020. The summed E-state index contributed by atoms with van der Waals surface area (Å²) >= 11 is 0. The SMILES string of the molecule is COc1ccc(C)c(-c2c(N)c(C(N)=O)c3cc(C)c(C)cn23)c1C. The van der Waals surface area contributed by atoms with Gasteiger partial charge in [0.05, 0.1) is 29.6 Å². The van der Waals surface area contributed by atoms with E-state index in [9.17, 15) is 4.79 Å². The number of anilines is 1. The highest BCUT2D eigenvalue weighted by Gasteiger charge is 2.24. The fourth-order valence-corrected chi connectivity index (χ4v) is 3.44. The van der Waals surface area contributed by atoms with Gasteiger partial charge in [-0.2, -0.15) is 0 Å². The van der Waals surface area contributed by atoms with E-state index in [0.29, 0.717) is 11.3 Å². The fourth-order valence-electron chi connectivity index (χ4n) is 3.44. The van der Waals surface area contributed by atoms with Gasteiger partial charge in [-0.05, 0) is 56.5 Å². The molecule has 130 valence electrons. The maximum Gasteiger partial charge on any atom is 0.253 e. The molecule has 0 saturated heterocycles. The summed E-state index contributed by atoms with van der Waals surface area (Å²) in [5.74, 6) is 0.252. The summed E-state index contributed by atoms with van der Waals surface area (Å²) in [5.41, 5.74) is 19.5. The number of aromatic nitrogens is 1. The molecular weight excluding hydrogens is 314 g/mol. The minimum Gasteiger partial charge on any atom is -0.496 e. The molecule has 1 aromatic carbocycles. The lowest BCUT2D eigenvalue weighted by molar-refractivity contribution is 0.100. The van der Waals surface area contributed by atoms with Gasteiger partial charge in [0.25, 0.3) is 5.91 Å². The van der Waals surface area contributed by atoms with E-state index in [1.165, 1.54) is 0 Å². The highest BCUT2D eigenvalue weighted by Crippen LogP contribution is 2.40. The van der Waals surface area contributed by atoms with E-state index in [4.69, 9.17) is 16.2 Å². The Morgan fingerprint density at radius 1 is 1.08 bits per heavy atom. The average molecular weight is 337 g/mol. The first-order chi connectivity index (χ1) is 11.8. The number of aryl methyl sites for hydroxylation is 3. The molecule has 1 amide bonds. The number of nitrogens with zero attached hydrogens (tertiary/aromatic N) is 1. The molecule has 0 aliphatic rings. The minimum atomic E-state index is -0.525. The van der Waals surface area contributed by atoms with E-state index in [1.54, 1.807) is 7.11 Å². The van der Waals surface area contributed by atoms with Crippen molar-refractivity contribution in [2.24, 2.45) is 5.73 Å². The fraction of sp³-hybridized carbons (Fsp3) is 0.250. The predicted octanol–water partition coefficient (Wildman–Crippen LogP) is 3.53. The first kappa shape index (κ1) is 16.9. The first-order valence-electron chi connectivity index (χ1n) is 8.13. The first-order valence-corrected chi connectivity index (χ1v) is 8.13. The van der Waals surface area contributed by atoms with Crippen molar-refractivity contribution in [3.8, 4) is 17.0 Å². The van der Waals surface area contributed by atoms with Gasteiger partial charge in [-0.15, -0.1) is 0 Å². The summed E-state index contributed by atoms with van der Waals surface area (Å²) in [6, 6.07) is 5.88. The molecule has 4 N–H and O–H groups in total. The summed E-state index contributed by atoms with van der Waals surface area (Å²) in [7, 11) is 1.64. The molecule has 0 atom stereocenters. The third kappa shape index (κ3) is 2.43. The van der Waals surface area contributed by atoms with Crippen LogP contribution in [0.1, 0.15) is 32.6 Å². The van der Waals surface area contributed by atoms with Gasteiger partial charge in [0.1, 0.15) is 5.75 Å². The van der Waals surface area contributed by atoms with Crippen LogP contribution >= 0.6 is 0 Å². The van der Waals surface area contributed by atoms with Crippen LogP contribution in [0.2, 0.25) is 0 Å². The molecule has 0 spiro atoms. The van der Waals surface area contributed by atoms with Crippen LogP contribution in [0.15, 0.2) is 24.4 Å². The topological polar surface area (TPSA) is 82.8 Å². The summed E-state index contributed by atoms with van der Waals surface area (Å²) in [4.78, 5) is 12.1. The van der Waals surface area contributed by atoms with E-state index < -0.39 is 5.91 Å². The molecule has 0 aliphatic heterocycles. The van der Waals surface area contributed by atoms with E-state index in [2.05, 4.69) is 0 Å². The van der Waals surface area contributed by atoms with Crippen LogP contribution in [-0.2, 0) is 0 Å². The van der Waals surface area contributed by atoms with Gasteiger partial charge in [-0.1, -0.05) is 6.07 Å². The van der Waals surface area contributed by atoms with Crippen LogP contribution in [0.25, 0.3) is 16.8 Å². The van der Waals surface area contributed by atoms with Crippen molar-refractivity contribution in [3.05, 3.63) is 52.2 Å². The normalized spacial score (nSPS) is 11.1. The number of amides is 1. The second-order valence-corrected chi connectivity index (χ2v) is 6.48. The number of carbonyl (C=O) groups excluding carboxylic acids is 1. The molecule has 2 aromatic heterocycles. The number of rotatable bonds is 3. The van der Waals surface area contributed by atoms with Gasteiger partial charge in [0.15, 0.2) is 0 Å². The molecule has 25 heavy (non-hydrogen) atoms. The average Bonchev–Trinajstić information content (AvgIpc) is 2.80. The third-order valence-corrected chi connectivity index (χ3v) is 4.91. The number of primary amides is 1. The largest absolute Gasteiger partial charge is 0.496 e. The van der Waals surface area contributed by atoms with Crippen molar-refractivity contribution in [2.75, 3.05) is 12.8 Å². The molecular formula is C20H23N3O2. The predicted molar refractivity (Wildman–Crippen MR) is 101 cm³/mol. The molecule has 0 aliphatic carbocycles. The van der Waals surface area contributed by atoms with Crippen molar-refractivity contribution in [1.29, 1.82) is 0 Å². The Labute approximate surface area is 147 Å². The van der Waals surface area contributed by atoms with E-state index >= 15 is 0 Å². The van der Waals surface area contributed by atoms with Gasteiger partial charge >= 0.3 is 0 Å². The van der Waals surface area contributed by atoms with Crippen LogP contribution in [0, 0.1) is 27.7 Å². The van der Waals surface area contributed by atoms with Crippen LogP contribution in [0.4, 0.5) is 5.69 Å². The monoisotopic (exact) mass is 337 g/mol. The van der Waals surface area contributed by atoms with Gasteiger partial charge in [-0.25, -0.2) is 0 Å². The third-order valence-electron chi connectivity index (χ3n) is 4.91. The van der Waals surface area contributed by atoms with Gasteiger partial charge in [-0.3, -0.25) is 4.79 Å². The molecule has 3 rings (SSSR count). The molecule has 5 heteroatoms. The second-order valence-electron chi connectivity index (χ2n) is 6.48. The number of hydrogen-bond acceptors (Lipinski definition) is 3. The lowest BCUT2D eigenvalue weighted by Crippen LogP contribution is -2.12. The van der Waals surface area contributed by atoms with Crippen LogP contribution < -0.4 is 16.2 Å². The maximum atomic E-state index is 12.1. The summed E-state index contributed by atoms with van der Waals surface area (Å²) in [5, 5.41) is 0. The van der Waals surface area contributed by atoms with Crippen molar-refractivity contribution < 1.29 is 9.53 Å². The number of fused-ring (bicyclic) bond motifs is 1. The van der Waals surface area contributed by atoms with Gasteiger partial charge in [0, 0.05) is 17.3 Å². The van der Waals surface area contributed by atoms with Gasteiger partial charge < -0.3 is 20.6 Å². The lowest BCUT2D eigenvalue weighted by atomic mass is 9.97. The quantitative estimate of drug-likeness (QED) is 0.767. The Morgan fingerprint density at radius 2 is 1.76 bits per heavy atom. The Balaban J connectivity index is 2.52. The summed E-state index contributed by atoms with van der Waals surface area (Å²) in [6.45, 7) is 8.05. The van der Waals surface area contributed by atoms with Crippen LogP contribution in [0.5, 0.6) is 5.75 Å². The van der Waals surface area contributed by atoms with Crippen molar-refractivity contribution in [1.82, 2.24) is 4.40 Å². The number of pyridine rings is 1. The lowest BCUT2D eigenvalue weighted by Gasteiger charge is -2.15. The number of hydrogen-bond donors (Lipinski definition) is 2. The summed E-state index contributed by atoms with van der Waals surface area (Å²) < 4.78 is 7.43. The molecule has 0 saturated carbocycles. The van der Waals surface area contributed by atoms with Gasteiger partial charge in [0.2, 0.25) is 0 Å². The van der Waals surface area contributed by atoms with Crippen molar-refractivity contribution >= 4 is 17.1 Å². The van der Waals surface area contributed by atoms with E-state index in [1.807, 2.05) is 56.5 Å². The van der Waals surface area contributed by atoms with E-state index in [0.717, 1.165) is 44.8 Å². The van der Waals surface area contributed by atoms with Crippen molar-refractivity contribution in [3.63, 3.8) is 0 Å².